The van der Waals surface area contributed by atoms with Crippen LogP contribution in [0, 0.1) is 5.92 Å². The fraction of sp³-hybridized carbons (Fsp3) is 0.588. The van der Waals surface area contributed by atoms with Crippen molar-refractivity contribution in [2.75, 3.05) is 0 Å². The molecular weight excluding hydrogens is 358 g/mol. The van der Waals surface area contributed by atoms with Gasteiger partial charge in [-0.25, -0.2) is 0 Å². The van der Waals surface area contributed by atoms with Crippen molar-refractivity contribution in [2.45, 2.75) is 57.2 Å². The Morgan fingerprint density at radius 1 is 1.15 bits per heavy atom. The predicted octanol–water partition coefficient (Wildman–Crippen LogP) is -0.822. The molecule has 10 nitrogen and oxygen atoms in total. The number of nitrogens with two attached hydrogens (primary N) is 1. The molecule has 1 aliphatic rings. The lowest BCUT2D eigenvalue weighted by atomic mass is 10.1. The lowest BCUT2D eigenvalue weighted by Crippen LogP contribution is -2.54. The normalized spacial score (nSPS) is 21.4. The molecule has 0 radical (unpaired) electrons. The molecule has 0 saturated heterocycles. The molecule has 150 valence electrons. The molecule has 0 bridgehead atoms. The minimum atomic E-state index is -1.21. The molecule has 1 rings (SSSR count). The molecule has 0 aromatic rings. The van der Waals surface area contributed by atoms with Crippen LogP contribution in [0.25, 0.3) is 0 Å². The minimum Gasteiger partial charge on any atom is -0.481 e. The van der Waals surface area contributed by atoms with Crippen LogP contribution in [0.2, 0.25) is 0 Å². The van der Waals surface area contributed by atoms with Crippen molar-refractivity contribution in [3.63, 3.8) is 0 Å². The van der Waals surface area contributed by atoms with E-state index >= 15 is 0 Å². The van der Waals surface area contributed by atoms with E-state index in [2.05, 4.69) is 17.2 Å². The van der Waals surface area contributed by atoms with E-state index in [1.807, 2.05) is 0 Å². The zero-order valence-electron chi connectivity index (χ0n) is 15.1. The Bertz CT molecular complexity index is 646. The van der Waals surface area contributed by atoms with Crippen LogP contribution in [-0.4, -0.2) is 57.9 Å². The molecular formula is C17H25N3O7. The zero-order valence-corrected chi connectivity index (χ0v) is 15.1. The number of nitrogens with one attached hydrogen (secondary N) is 2. The first-order valence-corrected chi connectivity index (χ1v) is 8.54. The third-order valence-corrected chi connectivity index (χ3v) is 4.45. The third kappa shape index (κ3) is 6.81. The van der Waals surface area contributed by atoms with Crippen LogP contribution >= 0.6 is 0 Å². The van der Waals surface area contributed by atoms with Gasteiger partial charge in [-0.3, -0.25) is 24.0 Å². The maximum absolute atomic E-state index is 12.5. The van der Waals surface area contributed by atoms with Gasteiger partial charge in [0.25, 0.3) is 0 Å². The standard InChI is InChI=1S/C17H25N3O7/c1-8-7-12(15(25)9(8)2)20-17(27)11(4-6-14(23)24)19-16(26)10(18)3-5-13(21)22/h9-12H,1,3-7,18H2,2H3,(H,19,26)(H,20,27)(H,21,22)(H,23,24). The number of carbonyl (C=O) groups excluding carboxylic acids is 3. The van der Waals surface area contributed by atoms with Crippen LogP contribution in [0.5, 0.6) is 0 Å². The molecule has 27 heavy (non-hydrogen) atoms. The number of amides is 2. The fourth-order valence-corrected chi connectivity index (χ4v) is 2.66. The second-order valence-electron chi connectivity index (χ2n) is 6.58. The number of rotatable bonds is 10. The summed E-state index contributed by atoms with van der Waals surface area (Å²) in [5, 5.41) is 22.3. The number of aliphatic carboxylic acids is 2. The molecule has 10 heteroatoms. The third-order valence-electron chi connectivity index (χ3n) is 4.45. The van der Waals surface area contributed by atoms with E-state index in [1.165, 1.54) is 0 Å². The second kappa shape index (κ2) is 9.81. The first-order valence-electron chi connectivity index (χ1n) is 8.54. The molecule has 1 saturated carbocycles. The lowest BCUT2D eigenvalue weighted by Gasteiger charge is -2.21. The fourth-order valence-electron chi connectivity index (χ4n) is 2.66. The van der Waals surface area contributed by atoms with E-state index in [9.17, 15) is 24.0 Å². The molecule has 0 aromatic carbocycles. The van der Waals surface area contributed by atoms with Gasteiger partial charge in [0.05, 0.1) is 12.1 Å². The SMILES string of the molecule is C=C1CC(NC(=O)C(CCC(=O)O)NC(=O)C(N)CCC(=O)O)C(=O)C1C. The van der Waals surface area contributed by atoms with Crippen molar-refractivity contribution in [1.29, 1.82) is 0 Å². The Labute approximate surface area is 156 Å². The highest BCUT2D eigenvalue weighted by atomic mass is 16.4. The largest absolute Gasteiger partial charge is 0.481 e. The molecule has 4 atom stereocenters. The Kier molecular flexibility index (Phi) is 8.10. The van der Waals surface area contributed by atoms with Gasteiger partial charge in [-0.15, -0.1) is 0 Å². The van der Waals surface area contributed by atoms with Crippen LogP contribution in [0.15, 0.2) is 12.2 Å². The topological polar surface area (TPSA) is 176 Å². The van der Waals surface area contributed by atoms with Crippen molar-refractivity contribution < 1.29 is 34.2 Å². The predicted molar refractivity (Wildman–Crippen MR) is 93.5 cm³/mol. The molecule has 0 aliphatic heterocycles. The molecule has 0 aromatic heterocycles. The average molecular weight is 383 g/mol. The van der Waals surface area contributed by atoms with Crippen molar-refractivity contribution in [2.24, 2.45) is 11.7 Å². The summed E-state index contributed by atoms with van der Waals surface area (Å²) in [6.45, 7) is 5.45. The first kappa shape index (κ1) is 22.3. The summed E-state index contributed by atoms with van der Waals surface area (Å²) in [7, 11) is 0. The van der Waals surface area contributed by atoms with E-state index in [-0.39, 0.29) is 43.8 Å². The highest BCUT2D eigenvalue weighted by Crippen LogP contribution is 2.26. The summed E-state index contributed by atoms with van der Waals surface area (Å²) in [5.74, 6) is -4.32. The number of carbonyl (C=O) groups is 5. The van der Waals surface area contributed by atoms with Gasteiger partial charge in [-0.05, 0) is 19.3 Å². The summed E-state index contributed by atoms with van der Waals surface area (Å²) < 4.78 is 0. The van der Waals surface area contributed by atoms with Crippen LogP contribution in [0.1, 0.15) is 39.0 Å². The number of carboxylic acids is 2. The molecule has 1 aliphatic carbocycles. The number of hydrogen-bond acceptors (Lipinski definition) is 6. The molecule has 2 amide bonds. The highest BCUT2D eigenvalue weighted by molar-refractivity contribution is 5.97. The van der Waals surface area contributed by atoms with Crippen molar-refractivity contribution in [3.05, 3.63) is 12.2 Å². The summed E-state index contributed by atoms with van der Waals surface area (Å²) in [6, 6.07) is -3.14. The van der Waals surface area contributed by atoms with Crippen molar-refractivity contribution >= 4 is 29.5 Å². The van der Waals surface area contributed by atoms with Gasteiger partial charge in [0.15, 0.2) is 5.78 Å². The molecule has 0 heterocycles. The van der Waals surface area contributed by atoms with Gasteiger partial charge < -0.3 is 26.6 Å². The van der Waals surface area contributed by atoms with Gasteiger partial charge in [-0.1, -0.05) is 19.1 Å². The maximum atomic E-state index is 12.5. The van der Waals surface area contributed by atoms with Gasteiger partial charge in [0.2, 0.25) is 11.8 Å². The summed E-state index contributed by atoms with van der Waals surface area (Å²) in [6.07, 6.45) is -0.756. The van der Waals surface area contributed by atoms with Crippen LogP contribution < -0.4 is 16.4 Å². The van der Waals surface area contributed by atoms with E-state index in [1.54, 1.807) is 6.92 Å². The summed E-state index contributed by atoms with van der Waals surface area (Å²) >= 11 is 0. The molecule has 1 fully saturated rings. The van der Waals surface area contributed by atoms with Gasteiger partial charge >= 0.3 is 11.9 Å². The van der Waals surface area contributed by atoms with Gasteiger partial charge in [-0.2, -0.15) is 0 Å². The summed E-state index contributed by atoms with van der Waals surface area (Å²) in [5.41, 5.74) is 6.29. The maximum Gasteiger partial charge on any atom is 0.303 e. The highest BCUT2D eigenvalue weighted by Gasteiger charge is 2.36. The first-order chi connectivity index (χ1) is 12.5. The quantitative estimate of drug-likeness (QED) is 0.304. The van der Waals surface area contributed by atoms with Gasteiger partial charge in [0.1, 0.15) is 6.04 Å². The van der Waals surface area contributed by atoms with Crippen LogP contribution in [0.4, 0.5) is 0 Å². The average Bonchev–Trinajstić information content (AvgIpc) is 2.82. The number of carboxylic acid groups (broad SMARTS) is 2. The van der Waals surface area contributed by atoms with Crippen molar-refractivity contribution in [1.82, 2.24) is 10.6 Å². The number of hydrogen-bond donors (Lipinski definition) is 5. The van der Waals surface area contributed by atoms with Crippen LogP contribution in [-0.2, 0) is 24.0 Å². The molecule has 6 N–H and O–H groups in total. The van der Waals surface area contributed by atoms with E-state index in [0.29, 0.717) is 5.57 Å². The zero-order chi connectivity index (χ0) is 20.7. The van der Waals surface area contributed by atoms with Crippen molar-refractivity contribution in [3.8, 4) is 0 Å². The van der Waals surface area contributed by atoms with E-state index in [0.717, 1.165) is 0 Å². The van der Waals surface area contributed by atoms with Crippen LogP contribution in [0.3, 0.4) is 0 Å². The Hall–Kier alpha value is -2.75. The molecule has 4 unspecified atom stereocenters. The lowest BCUT2D eigenvalue weighted by molar-refractivity contribution is -0.139. The smallest absolute Gasteiger partial charge is 0.303 e. The number of Topliss-reactive ketones (excluding diaryl/α,β-unsaturated/α-hetero) is 1. The van der Waals surface area contributed by atoms with E-state index in [4.69, 9.17) is 15.9 Å². The Morgan fingerprint density at radius 3 is 2.19 bits per heavy atom. The number of ketones is 1. The Balaban J connectivity index is 2.74. The van der Waals surface area contributed by atoms with Gasteiger partial charge in [0, 0.05) is 18.8 Å². The molecule has 0 spiro atoms. The van der Waals surface area contributed by atoms with E-state index < -0.39 is 41.9 Å². The second-order valence-corrected chi connectivity index (χ2v) is 6.58. The Morgan fingerprint density at radius 2 is 1.70 bits per heavy atom. The minimum absolute atomic E-state index is 0.132. The summed E-state index contributed by atoms with van der Waals surface area (Å²) in [4.78, 5) is 58.0. The monoisotopic (exact) mass is 383 g/mol.